The number of ether oxygens (including phenoxy) is 2. The number of rotatable bonds is 4. The summed E-state index contributed by atoms with van der Waals surface area (Å²) >= 11 is 6.23. The summed E-state index contributed by atoms with van der Waals surface area (Å²) in [5.74, 6) is 0.108. The quantitative estimate of drug-likeness (QED) is 0.341. The number of amides is 1. The van der Waals surface area contributed by atoms with E-state index >= 15 is 4.39 Å². The molecule has 1 atom stereocenters. The number of fused-ring (bicyclic) bond motifs is 1. The molecular formula is C27H26ClFN4O3. The average molecular weight is 509 g/mol. The Kier molecular flexibility index (Phi) is 6.30. The van der Waals surface area contributed by atoms with Crippen molar-refractivity contribution >= 4 is 28.7 Å². The fourth-order valence-electron chi connectivity index (χ4n) is 4.35. The van der Waals surface area contributed by atoms with Gasteiger partial charge in [-0.15, -0.1) is 0 Å². The van der Waals surface area contributed by atoms with Crippen LogP contribution < -0.4 is 4.74 Å². The fraction of sp³-hybridized carbons (Fsp3) is 0.296. The van der Waals surface area contributed by atoms with Crippen LogP contribution in [0.4, 0.5) is 9.18 Å². The summed E-state index contributed by atoms with van der Waals surface area (Å²) in [6.07, 6.45) is 5.00. The maximum absolute atomic E-state index is 15.0. The average Bonchev–Trinajstić information content (AvgIpc) is 3.45. The number of benzene rings is 1. The summed E-state index contributed by atoms with van der Waals surface area (Å²) in [7, 11) is 0. The van der Waals surface area contributed by atoms with Crippen molar-refractivity contribution in [2.45, 2.75) is 38.9 Å². The van der Waals surface area contributed by atoms with Gasteiger partial charge in [0, 0.05) is 47.1 Å². The van der Waals surface area contributed by atoms with E-state index in [1.807, 2.05) is 39.0 Å². The van der Waals surface area contributed by atoms with E-state index in [-0.39, 0.29) is 12.2 Å². The number of hydrogen-bond acceptors (Lipinski definition) is 5. The van der Waals surface area contributed by atoms with Gasteiger partial charge >= 0.3 is 6.09 Å². The molecule has 4 aromatic rings. The SMILES string of the molecule is CC(C)(C)OC(=O)N1CC[C@@H](Oc2cnccc2-c2[nH]c3cccnc3c2-c2cc(Cl)ccc2F)C1. The number of carbonyl (C=O) groups excluding carboxylic acids is 1. The summed E-state index contributed by atoms with van der Waals surface area (Å²) in [4.78, 5) is 26.3. The van der Waals surface area contributed by atoms with Gasteiger partial charge in [0.25, 0.3) is 0 Å². The van der Waals surface area contributed by atoms with Crippen molar-refractivity contribution in [3.05, 3.63) is 65.8 Å². The van der Waals surface area contributed by atoms with E-state index in [2.05, 4.69) is 15.0 Å². The van der Waals surface area contributed by atoms with Crippen molar-refractivity contribution < 1.29 is 18.7 Å². The van der Waals surface area contributed by atoms with Gasteiger partial charge < -0.3 is 19.4 Å². The summed E-state index contributed by atoms with van der Waals surface area (Å²) in [6, 6.07) is 9.96. The molecule has 9 heteroatoms. The Labute approximate surface area is 213 Å². The number of nitrogens with zero attached hydrogens (tertiary/aromatic N) is 3. The second kappa shape index (κ2) is 9.43. The van der Waals surface area contributed by atoms with Crippen molar-refractivity contribution in [3.8, 4) is 28.1 Å². The third-order valence-corrected chi connectivity index (χ3v) is 6.13. The number of pyridine rings is 2. The second-order valence-corrected chi connectivity index (χ2v) is 10.2. The first-order valence-corrected chi connectivity index (χ1v) is 12.1. The van der Waals surface area contributed by atoms with Gasteiger partial charge in [-0.3, -0.25) is 9.97 Å². The Morgan fingerprint density at radius 1 is 1.19 bits per heavy atom. The minimum absolute atomic E-state index is 0.241. The lowest BCUT2D eigenvalue weighted by atomic mass is 10.00. The molecule has 1 aliphatic rings. The van der Waals surface area contributed by atoms with Gasteiger partial charge in [0.1, 0.15) is 23.3 Å². The van der Waals surface area contributed by atoms with Crippen LogP contribution in [0.2, 0.25) is 5.02 Å². The van der Waals surface area contributed by atoms with E-state index in [4.69, 9.17) is 21.1 Å². The first-order chi connectivity index (χ1) is 17.2. The van der Waals surface area contributed by atoms with Crippen LogP contribution in [-0.4, -0.2) is 50.7 Å². The zero-order valence-corrected chi connectivity index (χ0v) is 21.0. The summed E-state index contributed by atoms with van der Waals surface area (Å²) in [6.45, 7) is 6.45. The molecule has 1 fully saturated rings. The molecule has 0 spiro atoms. The van der Waals surface area contributed by atoms with Crippen LogP contribution in [0.3, 0.4) is 0 Å². The van der Waals surface area contributed by atoms with Crippen LogP contribution >= 0.6 is 11.6 Å². The van der Waals surface area contributed by atoms with E-state index in [0.717, 1.165) is 5.52 Å². The number of carbonyl (C=O) groups is 1. The number of aromatic nitrogens is 3. The Morgan fingerprint density at radius 2 is 2.03 bits per heavy atom. The number of aromatic amines is 1. The summed E-state index contributed by atoms with van der Waals surface area (Å²) < 4.78 is 26.9. The fourth-order valence-corrected chi connectivity index (χ4v) is 4.52. The highest BCUT2D eigenvalue weighted by atomic mass is 35.5. The lowest BCUT2D eigenvalue weighted by Crippen LogP contribution is -2.36. The van der Waals surface area contributed by atoms with Crippen LogP contribution in [0.15, 0.2) is 55.0 Å². The van der Waals surface area contributed by atoms with Gasteiger partial charge in [-0.1, -0.05) is 11.6 Å². The molecule has 0 saturated carbocycles. The predicted octanol–water partition coefficient (Wildman–Crippen LogP) is 6.47. The smallest absolute Gasteiger partial charge is 0.410 e. The first-order valence-electron chi connectivity index (χ1n) is 11.7. The number of hydrogen-bond donors (Lipinski definition) is 1. The molecular weight excluding hydrogens is 483 g/mol. The van der Waals surface area contributed by atoms with Crippen LogP contribution in [-0.2, 0) is 4.74 Å². The van der Waals surface area contributed by atoms with Crippen molar-refractivity contribution in [1.82, 2.24) is 19.9 Å². The van der Waals surface area contributed by atoms with E-state index in [9.17, 15) is 4.79 Å². The van der Waals surface area contributed by atoms with Crippen molar-refractivity contribution in [2.75, 3.05) is 13.1 Å². The lowest BCUT2D eigenvalue weighted by molar-refractivity contribution is 0.0276. The van der Waals surface area contributed by atoms with E-state index in [0.29, 0.717) is 58.2 Å². The molecule has 1 N–H and O–H groups in total. The lowest BCUT2D eigenvalue weighted by Gasteiger charge is -2.24. The van der Waals surface area contributed by atoms with Crippen molar-refractivity contribution in [2.24, 2.45) is 0 Å². The molecule has 0 unspecified atom stereocenters. The third kappa shape index (κ3) is 4.86. The zero-order valence-electron chi connectivity index (χ0n) is 20.2. The third-order valence-electron chi connectivity index (χ3n) is 5.90. The monoisotopic (exact) mass is 508 g/mol. The molecule has 0 bridgehead atoms. The van der Waals surface area contributed by atoms with Gasteiger partial charge in [-0.05, 0) is 57.2 Å². The zero-order chi connectivity index (χ0) is 25.4. The summed E-state index contributed by atoms with van der Waals surface area (Å²) in [5, 5.41) is 0.419. The maximum Gasteiger partial charge on any atom is 0.410 e. The Balaban J connectivity index is 1.51. The molecule has 1 saturated heterocycles. The highest BCUT2D eigenvalue weighted by Crippen LogP contribution is 2.42. The molecule has 0 aliphatic carbocycles. The van der Waals surface area contributed by atoms with E-state index in [1.165, 1.54) is 12.1 Å². The predicted molar refractivity (Wildman–Crippen MR) is 137 cm³/mol. The molecule has 4 heterocycles. The molecule has 36 heavy (non-hydrogen) atoms. The molecule has 1 amide bonds. The van der Waals surface area contributed by atoms with Gasteiger partial charge in [-0.2, -0.15) is 0 Å². The minimum atomic E-state index is -0.567. The molecule has 1 aliphatic heterocycles. The molecule has 0 radical (unpaired) electrons. The standard InChI is InChI=1S/C27H26ClFN4O3/c1-27(2,3)36-26(34)33-12-9-17(15-33)35-22-14-30-11-8-18(22)24-23(19-13-16(28)6-7-20(19)29)25-21(32-24)5-4-10-31-25/h4-8,10-11,13-14,17,32H,9,12,15H2,1-3H3/t17-/m1/s1. The van der Waals surface area contributed by atoms with E-state index < -0.39 is 11.4 Å². The largest absolute Gasteiger partial charge is 0.486 e. The topological polar surface area (TPSA) is 80.3 Å². The second-order valence-electron chi connectivity index (χ2n) is 9.73. The highest BCUT2D eigenvalue weighted by molar-refractivity contribution is 6.31. The Bertz CT molecular complexity index is 1430. The summed E-state index contributed by atoms with van der Waals surface area (Å²) in [5.41, 5.74) is 3.07. The molecule has 1 aromatic carbocycles. The number of H-pyrrole nitrogens is 1. The van der Waals surface area contributed by atoms with Gasteiger partial charge in [0.15, 0.2) is 0 Å². The normalized spacial score (nSPS) is 15.9. The van der Waals surface area contributed by atoms with Crippen LogP contribution in [0.1, 0.15) is 27.2 Å². The number of likely N-dealkylation sites (tertiary alicyclic amines) is 1. The van der Waals surface area contributed by atoms with Crippen LogP contribution in [0.25, 0.3) is 33.4 Å². The van der Waals surface area contributed by atoms with Crippen molar-refractivity contribution in [1.29, 1.82) is 0 Å². The molecule has 3 aromatic heterocycles. The van der Waals surface area contributed by atoms with E-state index in [1.54, 1.807) is 29.6 Å². The maximum atomic E-state index is 15.0. The molecule has 5 rings (SSSR count). The van der Waals surface area contributed by atoms with Gasteiger partial charge in [0.2, 0.25) is 0 Å². The number of halogens is 2. The number of nitrogens with one attached hydrogen (secondary N) is 1. The Hall–Kier alpha value is -3.65. The van der Waals surface area contributed by atoms with Crippen LogP contribution in [0, 0.1) is 5.82 Å². The minimum Gasteiger partial charge on any atom is -0.486 e. The Morgan fingerprint density at radius 3 is 2.83 bits per heavy atom. The highest BCUT2D eigenvalue weighted by Gasteiger charge is 2.32. The van der Waals surface area contributed by atoms with Crippen LogP contribution in [0.5, 0.6) is 5.75 Å². The first kappa shape index (κ1) is 24.1. The van der Waals surface area contributed by atoms with Gasteiger partial charge in [-0.25, -0.2) is 9.18 Å². The van der Waals surface area contributed by atoms with Crippen molar-refractivity contribution in [3.63, 3.8) is 0 Å². The molecule has 186 valence electrons. The molecule has 7 nitrogen and oxygen atoms in total. The van der Waals surface area contributed by atoms with Gasteiger partial charge in [0.05, 0.1) is 29.5 Å².